The highest BCUT2D eigenvalue weighted by molar-refractivity contribution is 5.49. The van der Waals surface area contributed by atoms with Gasteiger partial charge in [-0.1, -0.05) is 6.07 Å². The lowest BCUT2D eigenvalue weighted by Crippen LogP contribution is -1.97. The first-order valence-electron chi connectivity index (χ1n) is 5.04. The minimum absolute atomic E-state index is 0.300. The van der Waals surface area contributed by atoms with Crippen molar-refractivity contribution in [2.45, 2.75) is 0 Å². The van der Waals surface area contributed by atoms with Crippen LogP contribution in [-0.4, -0.2) is 4.92 Å². The molecule has 2 rings (SSSR count). The average molecular weight is 269 g/mol. The van der Waals surface area contributed by atoms with E-state index >= 15 is 0 Å². The van der Waals surface area contributed by atoms with Gasteiger partial charge in [0.2, 0.25) is 11.6 Å². The summed E-state index contributed by atoms with van der Waals surface area (Å²) in [4.78, 5) is 9.73. The molecule has 0 saturated carbocycles. The van der Waals surface area contributed by atoms with Gasteiger partial charge < -0.3 is 4.74 Å². The first-order valence-corrected chi connectivity index (χ1v) is 5.04. The lowest BCUT2D eigenvalue weighted by atomic mass is 10.2. The largest absolute Gasteiger partial charge is 0.450 e. The molecule has 0 aliphatic carbocycles. The van der Waals surface area contributed by atoms with Crippen molar-refractivity contribution < 1.29 is 22.8 Å². The van der Waals surface area contributed by atoms with Crippen molar-refractivity contribution in [1.82, 2.24) is 0 Å². The Hall–Kier alpha value is -2.57. The lowest BCUT2D eigenvalue weighted by molar-refractivity contribution is -0.388. The maximum absolute atomic E-state index is 13.3. The van der Waals surface area contributed by atoms with E-state index in [0.29, 0.717) is 6.07 Å². The Morgan fingerprint density at radius 3 is 2.26 bits per heavy atom. The molecule has 0 fully saturated rings. The Morgan fingerprint density at radius 2 is 1.68 bits per heavy atom. The molecule has 0 aliphatic rings. The molecule has 0 saturated heterocycles. The van der Waals surface area contributed by atoms with Gasteiger partial charge in [0.05, 0.1) is 4.92 Å². The highest BCUT2D eigenvalue weighted by Gasteiger charge is 2.21. The summed E-state index contributed by atoms with van der Waals surface area (Å²) < 4.78 is 44.1. The second-order valence-electron chi connectivity index (χ2n) is 3.55. The number of hydrogen-bond donors (Lipinski definition) is 0. The van der Waals surface area contributed by atoms with Gasteiger partial charge in [0.1, 0.15) is 17.4 Å². The molecule has 0 aromatic heterocycles. The molecule has 98 valence electrons. The van der Waals surface area contributed by atoms with E-state index in [9.17, 15) is 23.3 Å². The van der Waals surface area contributed by atoms with E-state index in [0.717, 1.165) is 24.3 Å². The third-order valence-electron chi connectivity index (χ3n) is 2.20. The standard InChI is InChI=1S/C12H6F3NO3/c13-7-4-8(14)6-9(5-7)19-11-3-1-2-10(15)12(11)16(17)18/h1-6H. The molecule has 19 heavy (non-hydrogen) atoms. The van der Waals surface area contributed by atoms with E-state index in [1.54, 1.807) is 0 Å². The third-order valence-corrected chi connectivity index (χ3v) is 2.20. The smallest absolute Gasteiger partial charge is 0.346 e. The van der Waals surface area contributed by atoms with Crippen LogP contribution in [0.15, 0.2) is 36.4 Å². The fourth-order valence-corrected chi connectivity index (χ4v) is 1.47. The quantitative estimate of drug-likeness (QED) is 0.629. The van der Waals surface area contributed by atoms with Gasteiger partial charge in [-0.3, -0.25) is 10.1 Å². The van der Waals surface area contributed by atoms with Crippen molar-refractivity contribution >= 4 is 5.69 Å². The number of rotatable bonds is 3. The SMILES string of the molecule is O=[N+]([O-])c1c(F)cccc1Oc1cc(F)cc(F)c1. The van der Waals surface area contributed by atoms with Crippen LogP contribution in [0.2, 0.25) is 0 Å². The number of ether oxygens (including phenoxy) is 1. The Labute approximate surface area is 105 Å². The minimum Gasteiger partial charge on any atom is -0.450 e. The van der Waals surface area contributed by atoms with Crippen LogP contribution >= 0.6 is 0 Å². The molecular weight excluding hydrogens is 263 g/mol. The fraction of sp³-hybridized carbons (Fsp3) is 0. The minimum atomic E-state index is -1.10. The summed E-state index contributed by atoms with van der Waals surface area (Å²) in [6, 6.07) is 5.48. The van der Waals surface area contributed by atoms with Gasteiger partial charge >= 0.3 is 5.69 Å². The lowest BCUT2D eigenvalue weighted by Gasteiger charge is -2.06. The number of nitrogens with zero attached hydrogens (tertiary/aromatic N) is 1. The Kier molecular flexibility index (Phi) is 3.37. The van der Waals surface area contributed by atoms with Gasteiger partial charge in [-0.25, -0.2) is 8.78 Å². The van der Waals surface area contributed by atoms with Crippen LogP contribution in [0.25, 0.3) is 0 Å². The first-order chi connectivity index (χ1) is 8.97. The summed E-state index contributed by atoms with van der Waals surface area (Å²) in [7, 11) is 0. The molecule has 2 aromatic rings. The van der Waals surface area contributed by atoms with Gasteiger partial charge in [0, 0.05) is 18.2 Å². The van der Waals surface area contributed by atoms with E-state index in [4.69, 9.17) is 4.74 Å². The number of nitro benzene ring substituents is 1. The van der Waals surface area contributed by atoms with Crippen molar-refractivity contribution in [3.63, 3.8) is 0 Å². The van der Waals surface area contributed by atoms with Crippen LogP contribution in [0, 0.1) is 27.6 Å². The molecule has 0 atom stereocenters. The van der Waals surface area contributed by atoms with E-state index in [-0.39, 0.29) is 5.75 Å². The van der Waals surface area contributed by atoms with Crippen LogP contribution in [0.5, 0.6) is 11.5 Å². The van der Waals surface area contributed by atoms with E-state index in [1.165, 1.54) is 6.07 Å². The zero-order valence-electron chi connectivity index (χ0n) is 9.27. The van der Waals surface area contributed by atoms with Crippen molar-refractivity contribution in [2.24, 2.45) is 0 Å². The van der Waals surface area contributed by atoms with Crippen molar-refractivity contribution in [3.05, 3.63) is 64.0 Å². The van der Waals surface area contributed by atoms with Crippen molar-refractivity contribution in [3.8, 4) is 11.5 Å². The predicted octanol–water partition coefficient (Wildman–Crippen LogP) is 3.80. The van der Waals surface area contributed by atoms with Crippen molar-refractivity contribution in [2.75, 3.05) is 0 Å². The number of benzene rings is 2. The van der Waals surface area contributed by atoms with Gasteiger partial charge in [-0.15, -0.1) is 0 Å². The molecule has 0 spiro atoms. The summed E-state index contributed by atoms with van der Waals surface area (Å²) in [5.74, 6) is -3.65. The normalized spacial score (nSPS) is 10.3. The number of para-hydroxylation sites is 1. The maximum Gasteiger partial charge on any atom is 0.346 e. The fourth-order valence-electron chi connectivity index (χ4n) is 1.47. The molecule has 0 bridgehead atoms. The van der Waals surface area contributed by atoms with Gasteiger partial charge in [-0.2, -0.15) is 4.39 Å². The van der Waals surface area contributed by atoms with Crippen LogP contribution in [-0.2, 0) is 0 Å². The van der Waals surface area contributed by atoms with E-state index < -0.39 is 33.8 Å². The maximum atomic E-state index is 13.3. The summed E-state index contributed by atoms with van der Waals surface area (Å²) in [5.41, 5.74) is -0.896. The molecule has 0 heterocycles. The van der Waals surface area contributed by atoms with Crippen molar-refractivity contribution in [1.29, 1.82) is 0 Å². The summed E-state index contributed by atoms with van der Waals surface area (Å²) in [6.45, 7) is 0. The zero-order chi connectivity index (χ0) is 14.0. The molecule has 0 amide bonds. The number of hydrogen-bond acceptors (Lipinski definition) is 3. The van der Waals surface area contributed by atoms with E-state index in [1.807, 2.05) is 0 Å². The summed E-state index contributed by atoms with van der Waals surface area (Å²) >= 11 is 0. The summed E-state index contributed by atoms with van der Waals surface area (Å²) in [6.07, 6.45) is 0. The predicted molar refractivity (Wildman–Crippen MR) is 59.5 cm³/mol. The van der Waals surface area contributed by atoms with Crippen LogP contribution in [0.1, 0.15) is 0 Å². The monoisotopic (exact) mass is 269 g/mol. The number of halogens is 3. The molecule has 7 heteroatoms. The first kappa shape index (κ1) is 12.9. The molecule has 0 radical (unpaired) electrons. The molecule has 2 aromatic carbocycles. The highest BCUT2D eigenvalue weighted by atomic mass is 19.1. The Bertz CT molecular complexity index is 626. The highest BCUT2D eigenvalue weighted by Crippen LogP contribution is 2.33. The summed E-state index contributed by atoms with van der Waals surface area (Å²) in [5, 5.41) is 10.7. The molecule has 0 N–H and O–H groups in total. The van der Waals surface area contributed by atoms with Gasteiger partial charge in [0.15, 0.2) is 0 Å². The Morgan fingerprint density at radius 1 is 1.05 bits per heavy atom. The van der Waals surface area contributed by atoms with E-state index in [2.05, 4.69) is 0 Å². The van der Waals surface area contributed by atoms with Crippen LogP contribution in [0.3, 0.4) is 0 Å². The van der Waals surface area contributed by atoms with Gasteiger partial charge in [0.25, 0.3) is 0 Å². The average Bonchev–Trinajstić information content (AvgIpc) is 2.26. The number of nitro groups is 1. The molecule has 4 nitrogen and oxygen atoms in total. The topological polar surface area (TPSA) is 52.4 Å². The third kappa shape index (κ3) is 2.82. The Balaban J connectivity index is 2.43. The second-order valence-corrected chi connectivity index (χ2v) is 3.55. The van der Waals surface area contributed by atoms with Gasteiger partial charge in [-0.05, 0) is 12.1 Å². The zero-order valence-corrected chi connectivity index (χ0v) is 9.27. The second kappa shape index (κ2) is 4.97. The van der Waals surface area contributed by atoms with Crippen LogP contribution in [0.4, 0.5) is 18.9 Å². The van der Waals surface area contributed by atoms with Crippen LogP contribution < -0.4 is 4.74 Å². The molecular formula is C12H6F3NO3. The molecule has 0 aliphatic heterocycles. The molecule has 0 unspecified atom stereocenters.